The summed E-state index contributed by atoms with van der Waals surface area (Å²) in [4.78, 5) is 33.7. The lowest BCUT2D eigenvalue weighted by atomic mass is 9.35. The van der Waals surface area contributed by atoms with Gasteiger partial charge in [-0.25, -0.2) is 13.9 Å². The predicted molar refractivity (Wildman–Crippen MR) is 142 cm³/mol. The zero-order valence-corrected chi connectivity index (χ0v) is 21.0. The van der Waals surface area contributed by atoms with E-state index in [1.807, 2.05) is 31.4 Å². The molecule has 8 nitrogen and oxygen atoms in total. The number of hydrogen-bond acceptors (Lipinski definition) is 5. The second kappa shape index (κ2) is 7.53. The molecule has 0 aliphatic carbocycles. The molecule has 2 amide bonds. The molecule has 2 N–H and O–H groups in total. The van der Waals surface area contributed by atoms with Gasteiger partial charge in [0.1, 0.15) is 59.5 Å². The largest absolute Gasteiger partial charge is 0.382 e. The summed E-state index contributed by atoms with van der Waals surface area (Å²) in [6.45, 7) is 4.95. The topological polar surface area (TPSA) is 96.8 Å². The Morgan fingerprint density at radius 1 is 1.18 bits per heavy atom. The van der Waals surface area contributed by atoms with Crippen molar-refractivity contribution < 1.29 is 14.0 Å². The fraction of sp³-hybridized carbons (Fsp3) is 0.300. The fourth-order valence-corrected chi connectivity index (χ4v) is 5.45. The minimum Gasteiger partial charge on any atom is -0.382 e. The third-order valence-corrected chi connectivity index (χ3v) is 7.58. The molecule has 0 bridgehead atoms. The van der Waals surface area contributed by atoms with E-state index in [2.05, 4.69) is 10.1 Å². The predicted octanol–water partition coefficient (Wildman–Crippen LogP) is -1.42. The van der Waals surface area contributed by atoms with E-state index in [-0.39, 0.29) is 33.9 Å². The van der Waals surface area contributed by atoms with Gasteiger partial charge < -0.3 is 15.5 Å². The Morgan fingerprint density at radius 2 is 1.82 bits per heavy atom. The number of halogens is 2. The SMILES string of the molecule is BC1(B)N(c2cccc(-c3c(F)c(Cl)c4c(N)ncnn34)c2)C(=O)C(C)(C)N(C(C)=O)C1(B)B. The van der Waals surface area contributed by atoms with E-state index in [0.29, 0.717) is 11.3 Å². The molecule has 1 fully saturated rings. The molecule has 1 saturated heterocycles. The maximum absolute atomic E-state index is 15.3. The van der Waals surface area contributed by atoms with Crippen molar-refractivity contribution in [2.24, 2.45) is 0 Å². The average Bonchev–Trinajstić information content (AvgIpc) is 2.98. The Hall–Kier alpha value is -2.94. The molecular formula is C20H24B4ClFN6O2. The zero-order valence-electron chi connectivity index (χ0n) is 20.3. The van der Waals surface area contributed by atoms with Gasteiger partial charge >= 0.3 is 0 Å². The average molecular weight is 478 g/mol. The van der Waals surface area contributed by atoms with Crippen LogP contribution >= 0.6 is 11.6 Å². The highest BCUT2D eigenvalue weighted by atomic mass is 35.5. The number of rotatable bonds is 2. The van der Waals surface area contributed by atoms with Gasteiger partial charge in [0.25, 0.3) is 5.91 Å². The summed E-state index contributed by atoms with van der Waals surface area (Å²) in [6, 6.07) is 6.96. The van der Waals surface area contributed by atoms with Crippen LogP contribution in [0, 0.1) is 5.82 Å². The molecule has 0 radical (unpaired) electrons. The van der Waals surface area contributed by atoms with Crippen LogP contribution in [-0.2, 0) is 9.59 Å². The van der Waals surface area contributed by atoms with Crippen LogP contribution in [0.25, 0.3) is 16.8 Å². The van der Waals surface area contributed by atoms with Gasteiger partial charge in [0.05, 0.1) is 0 Å². The number of carbonyl (C=O) groups is 2. The van der Waals surface area contributed by atoms with E-state index >= 15 is 4.39 Å². The first kappa shape index (κ1) is 24.2. The van der Waals surface area contributed by atoms with Crippen molar-refractivity contribution in [3.8, 4) is 11.3 Å². The lowest BCUT2D eigenvalue weighted by Gasteiger charge is -2.64. The van der Waals surface area contributed by atoms with E-state index in [1.54, 1.807) is 47.9 Å². The number of nitrogens with two attached hydrogens (primary N) is 1. The summed E-state index contributed by atoms with van der Waals surface area (Å²) >= 11 is 6.22. The van der Waals surface area contributed by atoms with Crippen molar-refractivity contribution in [1.29, 1.82) is 0 Å². The van der Waals surface area contributed by atoms with Crippen molar-refractivity contribution in [1.82, 2.24) is 19.5 Å². The zero-order chi connectivity index (χ0) is 25.4. The number of carbonyl (C=O) groups excluding carboxylic acids is 2. The molecule has 172 valence electrons. The van der Waals surface area contributed by atoms with Gasteiger partial charge in [0.2, 0.25) is 5.91 Å². The maximum Gasteiger partial charge on any atom is 0.251 e. The minimum atomic E-state index is -1.10. The van der Waals surface area contributed by atoms with E-state index in [4.69, 9.17) is 17.3 Å². The number of amides is 2. The molecule has 4 rings (SSSR count). The highest BCUT2D eigenvalue weighted by Crippen LogP contribution is 2.42. The Balaban J connectivity index is 1.93. The third-order valence-electron chi connectivity index (χ3n) is 7.23. The van der Waals surface area contributed by atoms with Crippen LogP contribution in [0.3, 0.4) is 0 Å². The quantitative estimate of drug-likeness (QED) is 0.457. The van der Waals surface area contributed by atoms with E-state index in [0.717, 1.165) is 0 Å². The van der Waals surface area contributed by atoms with Gasteiger partial charge in [-0.1, -0.05) is 23.7 Å². The number of nitrogens with zero attached hydrogens (tertiary/aromatic N) is 5. The van der Waals surface area contributed by atoms with E-state index in [9.17, 15) is 9.59 Å². The van der Waals surface area contributed by atoms with Crippen molar-refractivity contribution in [3.05, 3.63) is 41.4 Å². The fourth-order valence-electron chi connectivity index (χ4n) is 5.18. The molecule has 1 aromatic carbocycles. The standard InChI is InChI=1S/C20H24B4ClFN6O2/c1-9(33)32-18(2,3)17(34)30(19(21,22)20(32,23)24)11-6-4-5-10(7-11)14-13(26)12(25)15-16(27)28-8-29-31(14)15/h4-8H,21-24H2,1-3H3,(H2,27,28,29). The molecular weight excluding hydrogens is 454 g/mol. The first-order valence-corrected chi connectivity index (χ1v) is 11.3. The van der Waals surface area contributed by atoms with Crippen LogP contribution in [0.5, 0.6) is 0 Å². The molecule has 0 saturated carbocycles. The highest BCUT2D eigenvalue weighted by molar-refractivity contribution is 6.58. The Bertz CT molecular complexity index is 1360. The lowest BCUT2D eigenvalue weighted by Crippen LogP contribution is -2.85. The molecule has 2 aromatic heterocycles. The van der Waals surface area contributed by atoms with Crippen molar-refractivity contribution >= 4 is 71.8 Å². The van der Waals surface area contributed by atoms with E-state index in [1.165, 1.54) is 17.8 Å². The number of nitrogen functional groups attached to an aromatic ring is 1. The van der Waals surface area contributed by atoms with Crippen LogP contribution in [0.15, 0.2) is 30.6 Å². The van der Waals surface area contributed by atoms with Crippen LogP contribution < -0.4 is 10.6 Å². The summed E-state index contributed by atoms with van der Waals surface area (Å²) in [5.41, 5.74) is 6.12. The Morgan fingerprint density at radius 3 is 2.44 bits per heavy atom. The van der Waals surface area contributed by atoms with Crippen molar-refractivity contribution in [3.63, 3.8) is 0 Å². The molecule has 14 heteroatoms. The van der Waals surface area contributed by atoms with Crippen LogP contribution in [-0.4, -0.2) is 78.9 Å². The van der Waals surface area contributed by atoms with Crippen molar-refractivity contribution in [2.75, 3.05) is 10.6 Å². The summed E-state index contributed by atoms with van der Waals surface area (Å²) < 4.78 is 16.6. The molecule has 1 aliphatic rings. The van der Waals surface area contributed by atoms with Crippen LogP contribution in [0.1, 0.15) is 20.8 Å². The van der Waals surface area contributed by atoms with Crippen molar-refractivity contribution in [2.45, 2.75) is 37.0 Å². The van der Waals surface area contributed by atoms with Gasteiger partial charge in [-0.3, -0.25) is 9.59 Å². The molecule has 0 unspecified atom stereocenters. The normalized spacial score (nSPS) is 18.9. The first-order valence-electron chi connectivity index (χ1n) is 10.9. The van der Waals surface area contributed by atoms with Gasteiger partial charge in [-0.15, -0.1) is 0 Å². The maximum atomic E-state index is 15.3. The summed E-state index contributed by atoms with van der Waals surface area (Å²) in [5, 5.41) is 2.45. The minimum absolute atomic E-state index is 0.0569. The Labute approximate surface area is 205 Å². The first-order chi connectivity index (χ1) is 15.7. The molecule has 3 heterocycles. The number of hydrogen-bond donors (Lipinski definition) is 1. The molecule has 0 atom stereocenters. The summed E-state index contributed by atoms with van der Waals surface area (Å²) in [5.74, 6) is -1.05. The smallest absolute Gasteiger partial charge is 0.251 e. The number of aromatic nitrogens is 3. The summed E-state index contributed by atoms with van der Waals surface area (Å²) in [6.07, 6.45) is 1.23. The second-order valence-electron chi connectivity index (χ2n) is 10.1. The summed E-state index contributed by atoms with van der Waals surface area (Å²) in [7, 11) is 7.72. The number of fused-ring (bicyclic) bond motifs is 1. The molecule has 1 aliphatic heterocycles. The van der Waals surface area contributed by atoms with Gasteiger partial charge in [-0.2, -0.15) is 5.10 Å². The second-order valence-corrected chi connectivity index (χ2v) is 10.5. The molecule has 34 heavy (non-hydrogen) atoms. The van der Waals surface area contributed by atoms with Gasteiger partial charge in [0.15, 0.2) is 11.6 Å². The Kier molecular flexibility index (Phi) is 5.36. The van der Waals surface area contributed by atoms with Crippen LogP contribution in [0.2, 0.25) is 5.02 Å². The van der Waals surface area contributed by atoms with Crippen LogP contribution in [0.4, 0.5) is 15.9 Å². The number of anilines is 2. The highest BCUT2D eigenvalue weighted by Gasteiger charge is 2.60. The van der Waals surface area contributed by atoms with Gasteiger partial charge in [-0.05, 0) is 36.7 Å². The molecule has 3 aromatic rings. The lowest BCUT2D eigenvalue weighted by molar-refractivity contribution is -0.150. The number of benzene rings is 1. The third kappa shape index (κ3) is 3.09. The monoisotopic (exact) mass is 478 g/mol. The van der Waals surface area contributed by atoms with Gasteiger partial charge in [0, 0.05) is 18.2 Å². The number of piperazine rings is 1. The van der Waals surface area contributed by atoms with E-state index < -0.39 is 22.0 Å². The molecule has 0 spiro atoms.